The molecule has 3 atom stereocenters. The summed E-state index contributed by atoms with van der Waals surface area (Å²) in [5.74, 6) is 1.41. The number of hydrogen-bond acceptors (Lipinski definition) is 2. The average molecular weight is 229 g/mol. The van der Waals surface area contributed by atoms with Crippen molar-refractivity contribution in [3.8, 4) is 0 Å². The minimum Gasteiger partial charge on any atom is -0.395 e. The Morgan fingerprint density at radius 2 is 1.56 bits per heavy atom. The second kappa shape index (κ2) is 7.29. The van der Waals surface area contributed by atoms with Crippen molar-refractivity contribution in [1.82, 2.24) is 0 Å². The van der Waals surface area contributed by atoms with Gasteiger partial charge in [-0.25, -0.2) is 0 Å². The van der Waals surface area contributed by atoms with Crippen molar-refractivity contribution in [2.24, 2.45) is 23.0 Å². The van der Waals surface area contributed by atoms with Gasteiger partial charge in [0.25, 0.3) is 0 Å². The molecule has 0 heterocycles. The molecule has 0 amide bonds. The van der Waals surface area contributed by atoms with E-state index in [4.69, 9.17) is 10.8 Å². The van der Waals surface area contributed by atoms with E-state index in [2.05, 4.69) is 34.6 Å². The van der Waals surface area contributed by atoms with Crippen molar-refractivity contribution in [3.63, 3.8) is 0 Å². The van der Waals surface area contributed by atoms with E-state index in [9.17, 15) is 0 Å². The van der Waals surface area contributed by atoms with E-state index in [1.54, 1.807) is 0 Å². The van der Waals surface area contributed by atoms with Crippen LogP contribution in [0.2, 0.25) is 0 Å². The van der Waals surface area contributed by atoms with Crippen molar-refractivity contribution in [2.45, 2.75) is 66.3 Å². The smallest absolute Gasteiger partial charge is 0.0582 e. The van der Waals surface area contributed by atoms with Crippen LogP contribution in [-0.2, 0) is 0 Å². The molecule has 0 saturated heterocycles. The molecule has 0 rings (SSSR count). The molecule has 0 saturated carbocycles. The van der Waals surface area contributed by atoms with Gasteiger partial charge in [0, 0.05) is 6.04 Å². The number of nitrogens with two attached hydrogens (primary N) is 1. The molecule has 98 valence electrons. The van der Waals surface area contributed by atoms with Crippen LogP contribution in [0, 0.1) is 17.3 Å². The Kier molecular flexibility index (Phi) is 7.25. The molecule has 0 aromatic rings. The molecule has 0 fully saturated rings. The number of aliphatic hydroxyl groups excluding tert-OH is 1. The fourth-order valence-electron chi connectivity index (χ4n) is 2.43. The molecule has 0 aliphatic heterocycles. The zero-order valence-electron chi connectivity index (χ0n) is 11.8. The fraction of sp³-hybridized carbons (Fsp3) is 1.00. The van der Waals surface area contributed by atoms with Crippen LogP contribution in [0.1, 0.15) is 60.3 Å². The van der Waals surface area contributed by atoms with Crippen LogP contribution in [0.5, 0.6) is 0 Å². The average Bonchev–Trinajstić information content (AvgIpc) is 2.12. The summed E-state index contributed by atoms with van der Waals surface area (Å²) in [6.45, 7) is 11.6. The Morgan fingerprint density at radius 3 is 2.00 bits per heavy atom. The van der Waals surface area contributed by atoms with Gasteiger partial charge < -0.3 is 10.8 Å². The van der Waals surface area contributed by atoms with E-state index < -0.39 is 0 Å². The Bertz CT molecular complexity index is 174. The summed E-state index contributed by atoms with van der Waals surface area (Å²) in [5, 5.41) is 8.89. The molecule has 0 aliphatic carbocycles. The van der Waals surface area contributed by atoms with Gasteiger partial charge in [0.1, 0.15) is 0 Å². The highest BCUT2D eigenvalue weighted by Gasteiger charge is 2.16. The molecule has 0 aliphatic rings. The summed E-state index contributed by atoms with van der Waals surface area (Å²) < 4.78 is 0. The minimum absolute atomic E-state index is 0.0343. The zero-order chi connectivity index (χ0) is 12.8. The number of rotatable bonds is 7. The van der Waals surface area contributed by atoms with Crippen LogP contribution in [0.3, 0.4) is 0 Å². The van der Waals surface area contributed by atoms with E-state index in [1.807, 2.05) is 0 Å². The molecule has 0 aromatic carbocycles. The zero-order valence-corrected chi connectivity index (χ0v) is 11.8. The van der Waals surface area contributed by atoms with Crippen LogP contribution < -0.4 is 5.73 Å². The van der Waals surface area contributed by atoms with Crippen LogP contribution in [0.4, 0.5) is 0 Å². The van der Waals surface area contributed by atoms with Gasteiger partial charge in [-0.3, -0.25) is 0 Å². The highest BCUT2D eigenvalue weighted by Crippen LogP contribution is 2.28. The van der Waals surface area contributed by atoms with E-state index in [-0.39, 0.29) is 12.6 Å². The first-order valence-electron chi connectivity index (χ1n) is 6.61. The lowest BCUT2D eigenvalue weighted by Gasteiger charge is -2.24. The predicted octanol–water partition coefficient (Wildman–Crippen LogP) is 3.18. The lowest BCUT2D eigenvalue weighted by atomic mass is 9.82. The van der Waals surface area contributed by atoms with E-state index in [0.717, 1.165) is 12.3 Å². The lowest BCUT2D eigenvalue weighted by Crippen LogP contribution is -2.26. The maximum atomic E-state index is 8.89. The van der Waals surface area contributed by atoms with Crippen LogP contribution in [0.15, 0.2) is 0 Å². The summed E-state index contributed by atoms with van der Waals surface area (Å²) in [7, 11) is 0. The van der Waals surface area contributed by atoms with Gasteiger partial charge in [-0.2, -0.15) is 0 Å². The Morgan fingerprint density at radius 1 is 1.06 bits per heavy atom. The summed E-state index contributed by atoms with van der Waals surface area (Å²) in [6.07, 6.45) is 4.73. The van der Waals surface area contributed by atoms with Gasteiger partial charge in [-0.1, -0.05) is 47.5 Å². The van der Waals surface area contributed by atoms with Crippen molar-refractivity contribution in [1.29, 1.82) is 0 Å². The first-order chi connectivity index (χ1) is 7.24. The first kappa shape index (κ1) is 15.9. The Labute approximate surface area is 102 Å². The van der Waals surface area contributed by atoms with E-state index in [1.165, 1.54) is 19.3 Å². The summed E-state index contributed by atoms with van der Waals surface area (Å²) in [4.78, 5) is 0. The Balaban J connectivity index is 3.71. The molecule has 2 heteroatoms. The lowest BCUT2D eigenvalue weighted by molar-refractivity contribution is 0.237. The minimum atomic E-state index is -0.0343. The monoisotopic (exact) mass is 229 g/mol. The van der Waals surface area contributed by atoms with Crippen LogP contribution >= 0.6 is 0 Å². The summed E-state index contributed by atoms with van der Waals surface area (Å²) in [5.41, 5.74) is 6.17. The van der Waals surface area contributed by atoms with Gasteiger partial charge in [0.2, 0.25) is 0 Å². The second-order valence-electron chi connectivity index (χ2n) is 6.73. The molecule has 0 bridgehead atoms. The van der Waals surface area contributed by atoms with Crippen molar-refractivity contribution < 1.29 is 5.11 Å². The maximum absolute atomic E-state index is 8.89. The molecular weight excluding hydrogens is 198 g/mol. The molecule has 16 heavy (non-hydrogen) atoms. The van der Waals surface area contributed by atoms with E-state index in [0.29, 0.717) is 11.3 Å². The number of aliphatic hydroxyl groups is 1. The first-order valence-corrected chi connectivity index (χ1v) is 6.61. The third-order valence-corrected chi connectivity index (χ3v) is 3.05. The third-order valence-electron chi connectivity index (χ3n) is 3.05. The van der Waals surface area contributed by atoms with Crippen molar-refractivity contribution in [2.75, 3.05) is 6.61 Å². The SMILES string of the molecule is CC(CCC(C)CC(C)(C)C)CC(N)CO. The normalized spacial score (nSPS) is 18.2. The molecule has 2 nitrogen and oxygen atoms in total. The molecule has 0 spiro atoms. The van der Waals surface area contributed by atoms with Crippen LogP contribution in [-0.4, -0.2) is 17.8 Å². The molecule has 3 N–H and O–H groups in total. The van der Waals surface area contributed by atoms with Crippen LogP contribution in [0.25, 0.3) is 0 Å². The molecule has 3 unspecified atom stereocenters. The van der Waals surface area contributed by atoms with Gasteiger partial charge in [-0.15, -0.1) is 0 Å². The molecular formula is C14H31NO. The van der Waals surface area contributed by atoms with Gasteiger partial charge >= 0.3 is 0 Å². The van der Waals surface area contributed by atoms with Gasteiger partial charge in [0.05, 0.1) is 6.61 Å². The summed E-state index contributed by atoms with van der Waals surface area (Å²) >= 11 is 0. The largest absolute Gasteiger partial charge is 0.395 e. The topological polar surface area (TPSA) is 46.2 Å². The van der Waals surface area contributed by atoms with Gasteiger partial charge in [0.15, 0.2) is 0 Å². The predicted molar refractivity (Wildman–Crippen MR) is 71.3 cm³/mol. The maximum Gasteiger partial charge on any atom is 0.0582 e. The standard InChI is InChI=1S/C14H31NO/c1-11(8-13(15)10-16)6-7-12(2)9-14(3,4)5/h11-13,16H,6-10,15H2,1-5H3. The second-order valence-corrected chi connectivity index (χ2v) is 6.73. The fourth-order valence-corrected chi connectivity index (χ4v) is 2.43. The summed E-state index contributed by atoms with van der Waals surface area (Å²) in [6, 6.07) is -0.0343. The number of hydrogen-bond donors (Lipinski definition) is 2. The molecule has 0 aromatic heterocycles. The van der Waals surface area contributed by atoms with Crippen molar-refractivity contribution in [3.05, 3.63) is 0 Å². The Hall–Kier alpha value is -0.0800. The molecule has 0 radical (unpaired) electrons. The highest BCUT2D eigenvalue weighted by atomic mass is 16.3. The van der Waals surface area contributed by atoms with Gasteiger partial charge in [-0.05, 0) is 30.1 Å². The highest BCUT2D eigenvalue weighted by molar-refractivity contribution is 4.69. The van der Waals surface area contributed by atoms with Crippen molar-refractivity contribution >= 4 is 0 Å². The quantitative estimate of drug-likeness (QED) is 0.704. The van der Waals surface area contributed by atoms with E-state index >= 15 is 0 Å². The third kappa shape index (κ3) is 9.17.